The van der Waals surface area contributed by atoms with Gasteiger partial charge in [-0.3, -0.25) is 4.79 Å². The van der Waals surface area contributed by atoms with Crippen LogP contribution in [0, 0.1) is 0 Å². The van der Waals surface area contributed by atoms with E-state index in [1.807, 2.05) is 48.5 Å². The molecule has 0 fully saturated rings. The highest BCUT2D eigenvalue weighted by atomic mass is 16.4. The third-order valence-corrected chi connectivity index (χ3v) is 4.38. The first-order valence-electron chi connectivity index (χ1n) is 8.79. The van der Waals surface area contributed by atoms with Gasteiger partial charge in [-0.25, -0.2) is 14.8 Å². The van der Waals surface area contributed by atoms with Crippen LogP contribution in [-0.4, -0.2) is 27.0 Å². The first kappa shape index (κ1) is 18.1. The predicted molar refractivity (Wildman–Crippen MR) is 111 cm³/mol. The number of carboxylic acids is 1. The second kappa shape index (κ2) is 7.40. The fourth-order valence-corrected chi connectivity index (χ4v) is 2.93. The second-order valence-corrected chi connectivity index (χ2v) is 6.34. The summed E-state index contributed by atoms with van der Waals surface area (Å²) in [4.78, 5) is 33.4. The lowest BCUT2D eigenvalue weighted by molar-refractivity contribution is 0.0696. The Morgan fingerprint density at radius 1 is 0.862 bits per heavy atom. The zero-order chi connectivity index (χ0) is 20.4. The Balaban J connectivity index is 1.81. The molecule has 0 saturated heterocycles. The Morgan fingerprint density at radius 3 is 2.21 bits per heavy atom. The molecule has 1 amide bonds. The number of amides is 1. The molecule has 1 aromatic heterocycles. The summed E-state index contributed by atoms with van der Waals surface area (Å²) in [5, 5.41) is 11.9. The molecule has 0 saturated carbocycles. The maximum absolute atomic E-state index is 13.1. The van der Waals surface area contributed by atoms with Crippen LogP contribution >= 0.6 is 0 Å². The highest BCUT2D eigenvalue weighted by Crippen LogP contribution is 2.26. The molecular weight excluding hydrogens is 368 g/mol. The SMILES string of the molecule is Nc1ccc(C(=O)O)cc1NC(=O)c1nc2ccccc2nc1-c1ccccc1. The Labute approximate surface area is 165 Å². The monoisotopic (exact) mass is 384 g/mol. The van der Waals surface area contributed by atoms with Crippen molar-refractivity contribution < 1.29 is 14.7 Å². The van der Waals surface area contributed by atoms with Crippen LogP contribution in [0.3, 0.4) is 0 Å². The van der Waals surface area contributed by atoms with E-state index in [1.165, 1.54) is 18.2 Å². The molecule has 0 spiro atoms. The van der Waals surface area contributed by atoms with E-state index in [9.17, 15) is 14.7 Å². The molecule has 0 unspecified atom stereocenters. The average Bonchev–Trinajstić information content (AvgIpc) is 2.74. The number of rotatable bonds is 4. The summed E-state index contributed by atoms with van der Waals surface area (Å²) in [6, 6.07) is 20.6. The van der Waals surface area contributed by atoms with Crippen LogP contribution in [0.2, 0.25) is 0 Å². The number of carboxylic acid groups (broad SMARTS) is 1. The van der Waals surface area contributed by atoms with Crippen LogP contribution in [0.1, 0.15) is 20.8 Å². The Bertz CT molecular complexity index is 1240. The van der Waals surface area contributed by atoms with E-state index < -0.39 is 11.9 Å². The van der Waals surface area contributed by atoms with Gasteiger partial charge in [-0.2, -0.15) is 0 Å². The van der Waals surface area contributed by atoms with Crippen LogP contribution in [0.4, 0.5) is 11.4 Å². The minimum absolute atomic E-state index is 0.0161. The second-order valence-electron chi connectivity index (χ2n) is 6.34. The number of aromatic nitrogens is 2. The molecule has 0 atom stereocenters. The number of fused-ring (bicyclic) bond motifs is 1. The number of anilines is 2. The van der Waals surface area contributed by atoms with Crippen LogP contribution in [0.15, 0.2) is 72.8 Å². The van der Waals surface area contributed by atoms with Crippen molar-refractivity contribution in [3.63, 3.8) is 0 Å². The third-order valence-electron chi connectivity index (χ3n) is 4.38. The molecular formula is C22H16N4O3. The number of nitrogen functional groups attached to an aromatic ring is 1. The summed E-state index contributed by atoms with van der Waals surface area (Å²) in [6.07, 6.45) is 0. The fourth-order valence-electron chi connectivity index (χ4n) is 2.93. The molecule has 1 heterocycles. The quantitative estimate of drug-likeness (QED) is 0.460. The number of carbonyl (C=O) groups excluding carboxylic acids is 1. The van der Waals surface area contributed by atoms with Crippen molar-refractivity contribution in [2.75, 3.05) is 11.1 Å². The normalized spacial score (nSPS) is 10.6. The molecule has 4 aromatic rings. The van der Waals surface area contributed by atoms with Gasteiger partial charge in [-0.15, -0.1) is 0 Å². The predicted octanol–water partition coefficient (Wildman–Crippen LogP) is 3.83. The van der Waals surface area contributed by atoms with E-state index in [1.54, 1.807) is 6.07 Å². The van der Waals surface area contributed by atoms with E-state index in [4.69, 9.17) is 5.73 Å². The minimum Gasteiger partial charge on any atom is -0.478 e. The lowest BCUT2D eigenvalue weighted by Crippen LogP contribution is -2.17. The molecule has 0 radical (unpaired) electrons. The van der Waals surface area contributed by atoms with Gasteiger partial charge in [-0.1, -0.05) is 42.5 Å². The molecule has 0 bridgehead atoms. The largest absolute Gasteiger partial charge is 0.478 e. The standard InChI is InChI=1S/C22H16N4O3/c23-15-11-10-14(22(28)29)12-18(15)26-21(27)20-19(13-6-2-1-3-7-13)24-16-8-4-5-9-17(16)25-20/h1-12H,23H2,(H,26,27)(H,28,29). The van der Waals surface area contributed by atoms with Gasteiger partial charge in [-0.05, 0) is 30.3 Å². The maximum atomic E-state index is 13.1. The number of carbonyl (C=O) groups is 2. The van der Waals surface area contributed by atoms with Crippen molar-refractivity contribution in [1.29, 1.82) is 0 Å². The first-order chi connectivity index (χ1) is 14.0. The van der Waals surface area contributed by atoms with Crippen LogP contribution in [0.5, 0.6) is 0 Å². The first-order valence-corrected chi connectivity index (χ1v) is 8.79. The molecule has 4 rings (SSSR count). The maximum Gasteiger partial charge on any atom is 0.335 e. The summed E-state index contributed by atoms with van der Waals surface area (Å²) in [7, 11) is 0. The van der Waals surface area contributed by atoms with Gasteiger partial charge < -0.3 is 16.2 Å². The van der Waals surface area contributed by atoms with Crippen molar-refractivity contribution in [1.82, 2.24) is 9.97 Å². The highest BCUT2D eigenvalue weighted by Gasteiger charge is 2.19. The van der Waals surface area contributed by atoms with Gasteiger partial charge in [0.15, 0.2) is 5.69 Å². The van der Waals surface area contributed by atoms with Gasteiger partial charge in [0, 0.05) is 5.56 Å². The van der Waals surface area contributed by atoms with Gasteiger partial charge in [0.25, 0.3) is 5.91 Å². The fraction of sp³-hybridized carbons (Fsp3) is 0. The van der Waals surface area contributed by atoms with Crippen LogP contribution < -0.4 is 11.1 Å². The van der Waals surface area contributed by atoms with E-state index in [2.05, 4.69) is 15.3 Å². The molecule has 0 aliphatic heterocycles. The molecule has 0 aliphatic carbocycles. The molecule has 4 N–H and O–H groups in total. The topological polar surface area (TPSA) is 118 Å². The molecule has 7 heteroatoms. The molecule has 0 aliphatic rings. The number of nitrogens with one attached hydrogen (secondary N) is 1. The summed E-state index contributed by atoms with van der Waals surface area (Å²) >= 11 is 0. The lowest BCUT2D eigenvalue weighted by atomic mass is 10.1. The van der Waals surface area contributed by atoms with E-state index in [0.717, 1.165) is 5.56 Å². The van der Waals surface area contributed by atoms with Crippen molar-refractivity contribution in [3.8, 4) is 11.3 Å². The minimum atomic E-state index is -1.11. The molecule has 7 nitrogen and oxygen atoms in total. The molecule has 142 valence electrons. The summed E-state index contributed by atoms with van der Waals surface area (Å²) in [6.45, 7) is 0. The van der Waals surface area contributed by atoms with Gasteiger partial charge >= 0.3 is 5.97 Å². The zero-order valence-electron chi connectivity index (χ0n) is 15.2. The van der Waals surface area contributed by atoms with E-state index >= 15 is 0 Å². The number of hydrogen-bond acceptors (Lipinski definition) is 5. The van der Waals surface area contributed by atoms with Gasteiger partial charge in [0.1, 0.15) is 5.69 Å². The van der Waals surface area contributed by atoms with Crippen molar-refractivity contribution in [3.05, 3.63) is 84.1 Å². The Hall–Kier alpha value is -4.26. The molecule has 3 aromatic carbocycles. The van der Waals surface area contributed by atoms with E-state index in [-0.39, 0.29) is 22.6 Å². The van der Waals surface area contributed by atoms with Crippen LogP contribution in [0.25, 0.3) is 22.3 Å². The lowest BCUT2D eigenvalue weighted by Gasteiger charge is -2.12. The highest BCUT2D eigenvalue weighted by molar-refractivity contribution is 6.09. The number of benzene rings is 3. The van der Waals surface area contributed by atoms with Crippen molar-refractivity contribution in [2.45, 2.75) is 0 Å². The van der Waals surface area contributed by atoms with Gasteiger partial charge in [0.05, 0.1) is 28.0 Å². The van der Waals surface area contributed by atoms with Crippen molar-refractivity contribution >= 4 is 34.3 Å². The van der Waals surface area contributed by atoms with Crippen molar-refractivity contribution in [2.24, 2.45) is 0 Å². The van der Waals surface area contributed by atoms with Gasteiger partial charge in [0.2, 0.25) is 0 Å². The average molecular weight is 384 g/mol. The number of para-hydroxylation sites is 2. The smallest absolute Gasteiger partial charge is 0.335 e. The van der Waals surface area contributed by atoms with Crippen LogP contribution in [-0.2, 0) is 0 Å². The number of hydrogen-bond donors (Lipinski definition) is 3. The summed E-state index contributed by atoms with van der Waals surface area (Å²) in [5.74, 6) is -1.65. The summed E-state index contributed by atoms with van der Waals surface area (Å²) < 4.78 is 0. The number of aromatic carboxylic acids is 1. The molecule has 29 heavy (non-hydrogen) atoms. The zero-order valence-corrected chi connectivity index (χ0v) is 15.2. The van der Waals surface area contributed by atoms with E-state index in [0.29, 0.717) is 16.7 Å². The number of nitrogens with two attached hydrogens (primary N) is 1. The third kappa shape index (κ3) is 3.61. The number of nitrogens with zero attached hydrogens (tertiary/aromatic N) is 2. The Morgan fingerprint density at radius 2 is 1.52 bits per heavy atom. The summed E-state index contributed by atoms with van der Waals surface area (Å²) in [5.41, 5.74) is 8.90. The Kier molecular flexibility index (Phi) is 4.62.